The highest BCUT2D eigenvalue weighted by molar-refractivity contribution is 5.72. The smallest absolute Gasteiger partial charge is 0.0343 e. The van der Waals surface area contributed by atoms with Gasteiger partial charge in [-0.3, -0.25) is 4.98 Å². The minimum atomic E-state index is 0.371. The van der Waals surface area contributed by atoms with Gasteiger partial charge in [0, 0.05) is 12.4 Å². The highest BCUT2D eigenvalue weighted by atomic mass is 14.6. The quantitative estimate of drug-likeness (QED) is 0.540. The largest absolute Gasteiger partial charge is 0.264 e. The molecule has 1 aromatic rings. The van der Waals surface area contributed by atoms with Crippen LogP contribution in [-0.4, -0.2) is 4.98 Å². The van der Waals surface area contributed by atoms with Crippen LogP contribution in [0.15, 0.2) is 42.3 Å². The van der Waals surface area contributed by atoms with Gasteiger partial charge in [0.2, 0.25) is 0 Å². The molecule has 0 radical (unpaired) electrons. The van der Waals surface area contributed by atoms with E-state index < -0.39 is 0 Å². The van der Waals surface area contributed by atoms with Gasteiger partial charge in [0.05, 0.1) is 0 Å². The van der Waals surface area contributed by atoms with Crippen molar-refractivity contribution >= 4 is 5.57 Å². The van der Waals surface area contributed by atoms with Crippen molar-refractivity contribution in [3.05, 3.63) is 47.8 Å². The van der Waals surface area contributed by atoms with Gasteiger partial charge in [-0.1, -0.05) is 37.6 Å². The van der Waals surface area contributed by atoms with E-state index in [0.717, 1.165) is 17.8 Å². The van der Waals surface area contributed by atoms with Crippen molar-refractivity contribution in [3.63, 3.8) is 0 Å². The van der Waals surface area contributed by atoms with Crippen LogP contribution in [0.3, 0.4) is 0 Å². The van der Waals surface area contributed by atoms with Crippen LogP contribution < -0.4 is 0 Å². The Balaban J connectivity index is 1.48. The van der Waals surface area contributed by atoms with Crippen LogP contribution in [0.4, 0.5) is 0 Å². The molecule has 25 heavy (non-hydrogen) atoms. The van der Waals surface area contributed by atoms with E-state index in [9.17, 15) is 0 Å². The van der Waals surface area contributed by atoms with Crippen molar-refractivity contribution in [2.45, 2.75) is 65.2 Å². The molecule has 2 fully saturated rings. The predicted octanol–water partition coefficient (Wildman–Crippen LogP) is 6.43. The summed E-state index contributed by atoms with van der Waals surface area (Å²) in [4.78, 5) is 4.40. The minimum absolute atomic E-state index is 0.371. The Hall–Kier alpha value is -1.37. The highest BCUT2D eigenvalue weighted by Crippen LogP contribution is 2.66. The topological polar surface area (TPSA) is 12.9 Å². The lowest BCUT2D eigenvalue weighted by Gasteiger charge is -2.58. The molecule has 1 heterocycles. The zero-order chi connectivity index (χ0) is 17.1. The lowest BCUT2D eigenvalue weighted by molar-refractivity contribution is -0.0219. The van der Waals surface area contributed by atoms with E-state index >= 15 is 0 Å². The Labute approximate surface area is 152 Å². The lowest BCUT2D eigenvalue weighted by atomic mass is 9.47. The SMILES string of the molecule is CC12CCCC=C1CCC1C2CCC2(C)C(c3cccnc3)=CCC12. The van der Waals surface area contributed by atoms with Gasteiger partial charge >= 0.3 is 0 Å². The van der Waals surface area contributed by atoms with E-state index in [1.807, 2.05) is 11.8 Å². The van der Waals surface area contributed by atoms with E-state index in [-0.39, 0.29) is 0 Å². The van der Waals surface area contributed by atoms with E-state index in [4.69, 9.17) is 0 Å². The molecular weight excluding hydrogens is 302 g/mol. The molecule has 4 aliphatic carbocycles. The summed E-state index contributed by atoms with van der Waals surface area (Å²) in [7, 11) is 0. The number of aromatic nitrogens is 1. The molecule has 1 heteroatoms. The van der Waals surface area contributed by atoms with Crippen LogP contribution in [0.2, 0.25) is 0 Å². The van der Waals surface area contributed by atoms with Crippen LogP contribution in [0.1, 0.15) is 70.8 Å². The van der Waals surface area contributed by atoms with Crippen molar-refractivity contribution in [2.75, 3.05) is 0 Å². The van der Waals surface area contributed by atoms with E-state index in [2.05, 4.69) is 49.3 Å². The molecule has 5 rings (SSSR count). The first-order valence-corrected chi connectivity index (χ1v) is 10.4. The Morgan fingerprint density at radius 1 is 1.04 bits per heavy atom. The summed E-state index contributed by atoms with van der Waals surface area (Å²) in [6.45, 7) is 5.18. The summed E-state index contributed by atoms with van der Waals surface area (Å²) in [6, 6.07) is 4.36. The molecular formula is C24H31N. The fourth-order valence-corrected chi connectivity index (χ4v) is 7.29. The Bertz CT molecular complexity index is 730. The van der Waals surface area contributed by atoms with Crippen LogP contribution in [0.5, 0.6) is 0 Å². The van der Waals surface area contributed by atoms with E-state index in [1.54, 1.807) is 5.57 Å². The summed E-state index contributed by atoms with van der Waals surface area (Å²) in [5, 5.41) is 0. The summed E-state index contributed by atoms with van der Waals surface area (Å²) in [5.41, 5.74) is 5.67. The van der Waals surface area contributed by atoms with Gasteiger partial charge in [-0.25, -0.2) is 0 Å². The summed E-state index contributed by atoms with van der Waals surface area (Å²) >= 11 is 0. The summed E-state index contributed by atoms with van der Waals surface area (Å²) in [6.07, 6.45) is 20.2. The number of allylic oxidation sites excluding steroid dienone is 4. The van der Waals surface area contributed by atoms with Crippen molar-refractivity contribution in [1.82, 2.24) is 4.98 Å². The zero-order valence-electron chi connectivity index (χ0n) is 15.8. The molecule has 0 N–H and O–H groups in total. The lowest BCUT2D eigenvalue weighted by Crippen LogP contribution is -2.49. The fraction of sp³-hybridized carbons (Fsp3) is 0.625. The number of hydrogen-bond acceptors (Lipinski definition) is 1. The van der Waals surface area contributed by atoms with Crippen LogP contribution in [0, 0.1) is 28.6 Å². The van der Waals surface area contributed by atoms with Crippen molar-refractivity contribution in [2.24, 2.45) is 28.6 Å². The predicted molar refractivity (Wildman–Crippen MR) is 104 cm³/mol. The maximum atomic E-state index is 4.40. The summed E-state index contributed by atoms with van der Waals surface area (Å²) < 4.78 is 0. The molecule has 1 aromatic heterocycles. The molecule has 0 aliphatic heterocycles. The van der Waals surface area contributed by atoms with Crippen LogP contribution >= 0.6 is 0 Å². The van der Waals surface area contributed by atoms with Crippen molar-refractivity contribution in [1.29, 1.82) is 0 Å². The van der Waals surface area contributed by atoms with Crippen LogP contribution in [-0.2, 0) is 0 Å². The second-order valence-electron chi connectivity index (χ2n) is 9.51. The Morgan fingerprint density at radius 3 is 2.80 bits per heavy atom. The molecule has 0 aromatic carbocycles. The number of pyridine rings is 1. The van der Waals surface area contributed by atoms with E-state index in [0.29, 0.717) is 10.8 Å². The number of nitrogens with zero attached hydrogens (tertiary/aromatic N) is 1. The molecule has 0 bridgehead atoms. The first-order valence-electron chi connectivity index (χ1n) is 10.4. The van der Waals surface area contributed by atoms with E-state index in [1.165, 1.54) is 56.9 Å². The summed E-state index contributed by atoms with van der Waals surface area (Å²) in [5.74, 6) is 2.69. The fourth-order valence-electron chi connectivity index (χ4n) is 7.29. The van der Waals surface area contributed by atoms with Gasteiger partial charge in [0.15, 0.2) is 0 Å². The monoisotopic (exact) mass is 333 g/mol. The highest BCUT2D eigenvalue weighted by Gasteiger charge is 2.56. The number of fused-ring (bicyclic) bond motifs is 5. The maximum absolute atomic E-state index is 4.40. The van der Waals surface area contributed by atoms with Gasteiger partial charge in [-0.05, 0) is 97.2 Å². The van der Waals surface area contributed by atoms with Crippen molar-refractivity contribution in [3.8, 4) is 0 Å². The number of hydrogen-bond donors (Lipinski definition) is 0. The average molecular weight is 334 g/mol. The maximum Gasteiger partial charge on any atom is 0.0343 e. The standard InChI is InChI=1S/C24H31N/c1-23-13-4-3-7-18(23)8-9-19-21-11-10-20(17-6-5-15-25-16-17)24(21,2)14-12-22(19)23/h5-7,10,15-16,19,21-22H,3-4,8-9,11-14H2,1-2H3. The Morgan fingerprint density at radius 2 is 1.96 bits per heavy atom. The molecule has 2 saturated carbocycles. The molecule has 4 aliphatic rings. The molecule has 132 valence electrons. The molecule has 0 amide bonds. The molecule has 1 nitrogen and oxygen atoms in total. The third kappa shape index (κ3) is 2.17. The third-order valence-corrected chi connectivity index (χ3v) is 8.58. The molecule has 5 unspecified atom stereocenters. The second-order valence-corrected chi connectivity index (χ2v) is 9.51. The van der Waals surface area contributed by atoms with Crippen molar-refractivity contribution < 1.29 is 0 Å². The van der Waals surface area contributed by atoms with Gasteiger partial charge in [-0.2, -0.15) is 0 Å². The first kappa shape index (κ1) is 15.9. The Kier molecular flexibility index (Phi) is 3.53. The minimum Gasteiger partial charge on any atom is -0.264 e. The van der Waals surface area contributed by atoms with Gasteiger partial charge in [-0.15, -0.1) is 0 Å². The van der Waals surface area contributed by atoms with Gasteiger partial charge < -0.3 is 0 Å². The van der Waals surface area contributed by atoms with Gasteiger partial charge in [0.25, 0.3) is 0 Å². The zero-order valence-corrected chi connectivity index (χ0v) is 15.8. The second kappa shape index (κ2) is 5.56. The van der Waals surface area contributed by atoms with Crippen LogP contribution in [0.25, 0.3) is 5.57 Å². The number of rotatable bonds is 1. The molecule has 5 atom stereocenters. The normalized spacial score (nSPS) is 42.7. The average Bonchev–Trinajstić information content (AvgIpc) is 2.99. The van der Waals surface area contributed by atoms with Gasteiger partial charge in [0.1, 0.15) is 0 Å². The third-order valence-electron chi connectivity index (χ3n) is 8.58. The molecule has 0 spiro atoms. The first-order chi connectivity index (χ1) is 12.1. The molecule has 0 saturated heterocycles.